The standard InChI is InChI=1S/C14H23N3/c1-15-8-10-16(2)11-12-17-9-7-13-5-3-4-6-14(13)17/h3-6,15H,7-12H2,1-2H3. The Labute approximate surface area is 104 Å². The Morgan fingerprint density at radius 3 is 2.94 bits per heavy atom. The topological polar surface area (TPSA) is 18.5 Å². The number of nitrogens with zero attached hydrogens (tertiary/aromatic N) is 2. The fourth-order valence-corrected chi connectivity index (χ4v) is 2.34. The molecular weight excluding hydrogens is 210 g/mol. The van der Waals surface area contributed by atoms with Crippen LogP contribution in [0.2, 0.25) is 0 Å². The lowest BCUT2D eigenvalue weighted by Gasteiger charge is -2.23. The van der Waals surface area contributed by atoms with Crippen LogP contribution in [0.4, 0.5) is 5.69 Å². The average molecular weight is 233 g/mol. The van der Waals surface area contributed by atoms with Gasteiger partial charge >= 0.3 is 0 Å². The van der Waals surface area contributed by atoms with Crippen LogP contribution < -0.4 is 10.2 Å². The van der Waals surface area contributed by atoms with E-state index >= 15 is 0 Å². The summed E-state index contributed by atoms with van der Waals surface area (Å²) in [5.41, 5.74) is 2.94. The first-order valence-corrected chi connectivity index (χ1v) is 6.47. The summed E-state index contributed by atoms with van der Waals surface area (Å²) in [4.78, 5) is 4.89. The third-order valence-electron chi connectivity index (χ3n) is 3.48. The van der Waals surface area contributed by atoms with Gasteiger partial charge in [0.2, 0.25) is 0 Å². The predicted molar refractivity (Wildman–Crippen MR) is 73.8 cm³/mol. The van der Waals surface area contributed by atoms with Gasteiger partial charge in [0.1, 0.15) is 0 Å². The lowest BCUT2D eigenvalue weighted by atomic mass is 10.2. The quantitative estimate of drug-likeness (QED) is 0.796. The van der Waals surface area contributed by atoms with Gasteiger partial charge in [-0.15, -0.1) is 0 Å². The molecule has 0 fully saturated rings. The Morgan fingerprint density at radius 1 is 1.29 bits per heavy atom. The highest BCUT2D eigenvalue weighted by Crippen LogP contribution is 2.26. The first-order valence-electron chi connectivity index (χ1n) is 6.47. The second-order valence-electron chi connectivity index (χ2n) is 4.77. The molecule has 0 unspecified atom stereocenters. The normalized spacial score (nSPS) is 14.4. The largest absolute Gasteiger partial charge is 0.370 e. The zero-order chi connectivity index (χ0) is 12.1. The van der Waals surface area contributed by atoms with Crippen LogP contribution in [0, 0.1) is 0 Å². The van der Waals surface area contributed by atoms with E-state index in [9.17, 15) is 0 Å². The van der Waals surface area contributed by atoms with E-state index in [4.69, 9.17) is 0 Å². The van der Waals surface area contributed by atoms with Gasteiger partial charge in [-0.3, -0.25) is 0 Å². The summed E-state index contributed by atoms with van der Waals surface area (Å²) in [6.07, 6.45) is 1.20. The molecule has 0 saturated heterocycles. The molecule has 0 bridgehead atoms. The van der Waals surface area contributed by atoms with Crippen molar-refractivity contribution in [1.82, 2.24) is 10.2 Å². The van der Waals surface area contributed by atoms with Crippen molar-refractivity contribution in [3.63, 3.8) is 0 Å². The lowest BCUT2D eigenvalue weighted by Crippen LogP contribution is -2.35. The molecule has 1 aromatic rings. The summed E-state index contributed by atoms with van der Waals surface area (Å²) in [7, 11) is 4.20. The Morgan fingerprint density at radius 2 is 2.12 bits per heavy atom. The molecule has 1 heterocycles. The van der Waals surface area contributed by atoms with Gasteiger partial charge < -0.3 is 15.1 Å². The van der Waals surface area contributed by atoms with Crippen molar-refractivity contribution >= 4 is 5.69 Å². The highest BCUT2D eigenvalue weighted by Gasteiger charge is 2.17. The number of hydrogen-bond acceptors (Lipinski definition) is 3. The third-order valence-corrected chi connectivity index (χ3v) is 3.48. The Kier molecular flexibility index (Phi) is 4.40. The number of anilines is 1. The molecule has 3 heteroatoms. The highest BCUT2D eigenvalue weighted by atomic mass is 15.2. The van der Waals surface area contributed by atoms with Crippen LogP contribution in [0.3, 0.4) is 0 Å². The smallest absolute Gasteiger partial charge is 0.0399 e. The fourth-order valence-electron chi connectivity index (χ4n) is 2.34. The molecule has 3 nitrogen and oxygen atoms in total. The minimum absolute atomic E-state index is 1.06. The van der Waals surface area contributed by atoms with Gasteiger partial charge in [-0.1, -0.05) is 18.2 Å². The van der Waals surface area contributed by atoms with Gasteiger partial charge in [-0.25, -0.2) is 0 Å². The van der Waals surface area contributed by atoms with E-state index < -0.39 is 0 Å². The fraction of sp³-hybridized carbons (Fsp3) is 0.571. The Bertz CT molecular complexity index is 351. The first kappa shape index (κ1) is 12.4. The van der Waals surface area contributed by atoms with Crippen LogP contribution in [0.1, 0.15) is 5.56 Å². The average Bonchev–Trinajstić information content (AvgIpc) is 2.77. The van der Waals surface area contributed by atoms with Crippen molar-refractivity contribution in [2.24, 2.45) is 0 Å². The lowest BCUT2D eigenvalue weighted by molar-refractivity contribution is 0.341. The molecule has 17 heavy (non-hydrogen) atoms. The van der Waals surface area contributed by atoms with Crippen LogP contribution in [-0.4, -0.2) is 51.7 Å². The Hall–Kier alpha value is -1.06. The van der Waals surface area contributed by atoms with Gasteiger partial charge in [-0.05, 0) is 32.1 Å². The van der Waals surface area contributed by atoms with Crippen molar-refractivity contribution in [2.45, 2.75) is 6.42 Å². The molecule has 0 amide bonds. The van der Waals surface area contributed by atoms with E-state index in [1.54, 1.807) is 0 Å². The predicted octanol–water partition coefficient (Wildman–Crippen LogP) is 1.20. The van der Waals surface area contributed by atoms with Gasteiger partial charge in [0.25, 0.3) is 0 Å². The van der Waals surface area contributed by atoms with Crippen LogP contribution in [0.25, 0.3) is 0 Å². The molecule has 0 spiro atoms. The second-order valence-corrected chi connectivity index (χ2v) is 4.77. The van der Waals surface area contributed by atoms with E-state index in [2.05, 4.69) is 46.4 Å². The molecule has 1 aromatic carbocycles. The zero-order valence-electron chi connectivity index (χ0n) is 10.9. The van der Waals surface area contributed by atoms with Crippen molar-refractivity contribution in [1.29, 1.82) is 0 Å². The van der Waals surface area contributed by atoms with Crippen molar-refractivity contribution in [3.8, 4) is 0 Å². The van der Waals surface area contributed by atoms with Gasteiger partial charge in [0.05, 0.1) is 0 Å². The molecule has 2 rings (SSSR count). The number of nitrogens with one attached hydrogen (secondary N) is 1. The summed E-state index contributed by atoms with van der Waals surface area (Å²) in [6.45, 7) is 5.63. The number of para-hydroxylation sites is 1. The Balaban J connectivity index is 1.81. The monoisotopic (exact) mass is 233 g/mol. The van der Waals surface area contributed by atoms with Crippen LogP contribution in [-0.2, 0) is 6.42 Å². The maximum atomic E-state index is 3.19. The maximum absolute atomic E-state index is 3.19. The van der Waals surface area contributed by atoms with E-state index in [1.165, 1.54) is 24.2 Å². The maximum Gasteiger partial charge on any atom is 0.0399 e. The molecule has 0 aromatic heterocycles. The van der Waals surface area contributed by atoms with E-state index in [1.807, 2.05) is 7.05 Å². The number of rotatable bonds is 6. The van der Waals surface area contributed by atoms with E-state index in [0.29, 0.717) is 0 Å². The summed E-state index contributed by atoms with van der Waals surface area (Å²) in [5.74, 6) is 0. The molecule has 0 atom stereocenters. The number of hydrogen-bond donors (Lipinski definition) is 1. The van der Waals surface area contributed by atoms with E-state index in [-0.39, 0.29) is 0 Å². The molecule has 1 aliphatic rings. The van der Waals surface area contributed by atoms with Crippen LogP contribution >= 0.6 is 0 Å². The van der Waals surface area contributed by atoms with Gasteiger partial charge in [-0.2, -0.15) is 0 Å². The molecule has 94 valence electrons. The second kappa shape index (κ2) is 6.03. The SMILES string of the molecule is CNCCN(C)CCN1CCc2ccccc21. The summed E-state index contributed by atoms with van der Waals surface area (Å²) in [6, 6.07) is 8.78. The van der Waals surface area contributed by atoms with Gasteiger partial charge in [0, 0.05) is 38.4 Å². The van der Waals surface area contributed by atoms with Crippen LogP contribution in [0.15, 0.2) is 24.3 Å². The van der Waals surface area contributed by atoms with E-state index in [0.717, 1.165) is 26.2 Å². The van der Waals surface area contributed by atoms with Crippen molar-refractivity contribution < 1.29 is 0 Å². The van der Waals surface area contributed by atoms with Crippen molar-refractivity contribution in [3.05, 3.63) is 29.8 Å². The molecule has 0 radical (unpaired) electrons. The minimum Gasteiger partial charge on any atom is -0.370 e. The zero-order valence-corrected chi connectivity index (χ0v) is 10.9. The third kappa shape index (κ3) is 3.20. The number of fused-ring (bicyclic) bond motifs is 1. The molecule has 0 saturated carbocycles. The summed E-state index contributed by atoms with van der Waals surface area (Å²) < 4.78 is 0. The minimum atomic E-state index is 1.06. The molecule has 1 aliphatic heterocycles. The number of likely N-dealkylation sites (N-methyl/N-ethyl adjacent to an activating group) is 2. The van der Waals surface area contributed by atoms with Crippen LogP contribution in [0.5, 0.6) is 0 Å². The number of benzene rings is 1. The highest BCUT2D eigenvalue weighted by molar-refractivity contribution is 5.57. The summed E-state index contributed by atoms with van der Waals surface area (Å²) >= 11 is 0. The van der Waals surface area contributed by atoms with Gasteiger partial charge in [0.15, 0.2) is 0 Å². The first-order chi connectivity index (χ1) is 8.31. The molecule has 1 N–H and O–H groups in total. The summed E-state index contributed by atoms with van der Waals surface area (Å²) in [5, 5.41) is 3.19. The molecule has 0 aliphatic carbocycles. The van der Waals surface area contributed by atoms with Crippen molar-refractivity contribution in [2.75, 3.05) is 51.7 Å². The molecular formula is C14H23N3.